The Labute approximate surface area is 139 Å². The Balaban J connectivity index is 1.91. The van der Waals surface area contributed by atoms with Gasteiger partial charge in [0.15, 0.2) is 0 Å². The molecular weight excluding hydrogens is 286 g/mol. The molecule has 0 saturated carbocycles. The molecule has 1 atom stereocenters. The van der Waals surface area contributed by atoms with Gasteiger partial charge in [0.05, 0.1) is 6.61 Å². The summed E-state index contributed by atoms with van der Waals surface area (Å²) in [5.74, 6) is 3.84. The lowest BCUT2D eigenvalue weighted by Crippen LogP contribution is -2.13. The molecule has 0 spiro atoms. The number of aryl methyl sites for hydroxylation is 1. The zero-order valence-corrected chi connectivity index (χ0v) is 15.2. The zero-order chi connectivity index (χ0) is 17.0. The smallest absolute Gasteiger partial charge is 0.136 e. The highest BCUT2D eigenvalue weighted by atomic mass is 16.5. The molecule has 4 heteroatoms. The number of hydrogen-bond donors (Lipinski definition) is 0. The molecule has 0 aliphatic heterocycles. The molecule has 0 aliphatic rings. The van der Waals surface area contributed by atoms with Gasteiger partial charge in [0, 0.05) is 12.0 Å². The van der Waals surface area contributed by atoms with E-state index >= 15 is 0 Å². The number of ether oxygens (including phenoxy) is 1. The number of benzene rings is 1. The Hall–Kier alpha value is -1.84. The Bertz CT molecular complexity index is 614. The lowest BCUT2D eigenvalue weighted by Gasteiger charge is -2.17. The van der Waals surface area contributed by atoms with E-state index in [2.05, 4.69) is 73.6 Å². The van der Waals surface area contributed by atoms with Crippen LogP contribution in [0.25, 0.3) is 0 Å². The van der Waals surface area contributed by atoms with Crippen molar-refractivity contribution in [2.24, 2.45) is 0 Å². The van der Waals surface area contributed by atoms with Crippen molar-refractivity contribution >= 4 is 0 Å². The lowest BCUT2D eigenvalue weighted by atomic mass is 10.0. The molecule has 0 amide bonds. The van der Waals surface area contributed by atoms with Crippen LogP contribution in [0, 0.1) is 6.92 Å². The summed E-state index contributed by atoms with van der Waals surface area (Å²) in [6.07, 6.45) is 0.927. The summed E-state index contributed by atoms with van der Waals surface area (Å²) in [4.78, 5) is 0. The van der Waals surface area contributed by atoms with Gasteiger partial charge in [0.2, 0.25) is 0 Å². The van der Waals surface area contributed by atoms with Crippen LogP contribution < -0.4 is 4.74 Å². The van der Waals surface area contributed by atoms with E-state index in [0.717, 1.165) is 23.8 Å². The van der Waals surface area contributed by atoms with Crippen molar-refractivity contribution < 1.29 is 4.74 Å². The number of aromatic nitrogens is 3. The normalized spacial score (nSPS) is 12.9. The van der Waals surface area contributed by atoms with Crippen molar-refractivity contribution in [3.05, 3.63) is 41.5 Å². The van der Waals surface area contributed by atoms with Crippen LogP contribution in [-0.4, -0.2) is 21.4 Å². The SMILES string of the molecule is Cc1nnc(C(C)CCOc2ccc(C(C)C)cc2)n1C(C)C. The molecule has 0 radical (unpaired) electrons. The third-order valence-corrected chi connectivity index (χ3v) is 4.22. The Morgan fingerprint density at radius 2 is 1.65 bits per heavy atom. The average Bonchev–Trinajstić information content (AvgIpc) is 2.89. The Morgan fingerprint density at radius 1 is 1.00 bits per heavy atom. The monoisotopic (exact) mass is 315 g/mol. The molecule has 23 heavy (non-hydrogen) atoms. The third-order valence-electron chi connectivity index (χ3n) is 4.22. The van der Waals surface area contributed by atoms with E-state index in [4.69, 9.17) is 4.74 Å². The summed E-state index contributed by atoms with van der Waals surface area (Å²) < 4.78 is 8.09. The third kappa shape index (κ3) is 4.34. The number of nitrogens with zero attached hydrogens (tertiary/aromatic N) is 3. The molecule has 1 unspecified atom stereocenters. The molecule has 2 aromatic rings. The van der Waals surface area contributed by atoms with E-state index < -0.39 is 0 Å². The van der Waals surface area contributed by atoms with Crippen LogP contribution in [0.3, 0.4) is 0 Å². The summed E-state index contributed by atoms with van der Waals surface area (Å²) in [5.41, 5.74) is 1.34. The van der Waals surface area contributed by atoms with E-state index in [0.29, 0.717) is 24.5 Å². The molecule has 0 aliphatic carbocycles. The van der Waals surface area contributed by atoms with Crippen LogP contribution in [0.2, 0.25) is 0 Å². The maximum atomic E-state index is 5.88. The van der Waals surface area contributed by atoms with Crippen LogP contribution in [0.4, 0.5) is 0 Å². The van der Waals surface area contributed by atoms with Crippen LogP contribution >= 0.6 is 0 Å². The summed E-state index contributed by atoms with van der Waals surface area (Å²) in [7, 11) is 0. The number of rotatable bonds is 7. The predicted molar refractivity (Wildman–Crippen MR) is 94.2 cm³/mol. The molecule has 0 fully saturated rings. The lowest BCUT2D eigenvalue weighted by molar-refractivity contribution is 0.296. The molecule has 1 aromatic heterocycles. The molecule has 4 nitrogen and oxygen atoms in total. The van der Waals surface area contributed by atoms with Gasteiger partial charge in [0.1, 0.15) is 17.4 Å². The van der Waals surface area contributed by atoms with Crippen molar-refractivity contribution in [1.29, 1.82) is 0 Å². The number of hydrogen-bond acceptors (Lipinski definition) is 3. The second-order valence-corrected chi connectivity index (χ2v) is 6.83. The molecule has 0 N–H and O–H groups in total. The highest BCUT2D eigenvalue weighted by molar-refractivity contribution is 5.28. The molecular formula is C19H29N3O. The van der Waals surface area contributed by atoms with Gasteiger partial charge in [-0.05, 0) is 50.8 Å². The summed E-state index contributed by atoms with van der Waals surface area (Å²) in [5, 5.41) is 8.57. The first kappa shape index (κ1) is 17.5. The first-order valence-electron chi connectivity index (χ1n) is 8.54. The van der Waals surface area contributed by atoms with E-state index in [1.54, 1.807) is 0 Å². The van der Waals surface area contributed by atoms with Crippen LogP contribution in [-0.2, 0) is 0 Å². The minimum absolute atomic E-state index is 0.327. The van der Waals surface area contributed by atoms with E-state index in [1.807, 2.05) is 6.92 Å². The fourth-order valence-electron chi connectivity index (χ4n) is 2.79. The first-order chi connectivity index (χ1) is 10.9. The fraction of sp³-hybridized carbons (Fsp3) is 0.579. The summed E-state index contributed by atoms with van der Waals surface area (Å²) in [6, 6.07) is 8.78. The fourth-order valence-corrected chi connectivity index (χ4v) is 2.79. The predicted octanol–water partition coefficient (Wildman–Crippen LogP) is 4.86. The van der Waals surface area contributed by atoms with Gasteiger partial charge in [-0.3, -0.25) is 0 Å². The second kappa shape index (κ2) is 7.62. The van der Waals surface area contributed by atoms with Gasteiger partial charge in [0.25, 0.3) is 0 Å². The van der Waals surface area contributed by atoms with Gasteiger partial charge in [-0.25, -0.2) is 0 Å². The van der Waals surface area contributed by atoms with E-state index in [-0.39, 0.29) is 0 Å². The highest BCUT2D eigenvalue weighted by Crippen LogP contribution is 2.23. The Morgan fingerprint density at radius 3 is 2.22 bits per heavy atom. The first-order valence-corrected chi connectivity index (χ1v) is 8.54. The topological polar surface area (TPSA) is 39.9 Å². The van der Waals surface area contributed by atoms with E-state index in [9.17, 15) is 0 Å². The van der Waals surface area contributed by atoms with Crippen molar-refractivity contribution in [1.82, 2.24) is 14.8 Å². The van der Waals surface area contributed by atoms with Gasteiger partial charge >= 0.3 is 0 Å². The van der Waals surface area contributed by atoms with Gasteiger partial charge < -0.3 is 9.30 Å². The van der Waals surface area contributed by atoms with E-state index in [1.165, 1.54) is 5.56 Å². The van der Waals surface area contributed by atoms with Gasteiger partial charge in [-0.1, -0.05) is 32.9 Å². The minimum Gasteiger partial charge on any atom is -0.494 e. The van der Waals surface area contributed by atoms with Crippen molar-refractivity contribution in [3.8, 4) is 5.75 Å². The quantitative estimate of drug-likeness (QED) is 0.732. The van der Waals surface area contributed by atoms with Gasteiger partial charge in [-0.2, -0.15) is 0 Å². The molecule has 1 heterocycles. The second-order valence-electron chi connectivity index (χ2n) is 6.83. The van der Waals surface area contributed by atoms with Crippen molar-refractivity contribution in [2.75, 3.05) is 6.61 Å². The highest BCUT2D eigenvalue weighted by Gasteiger charge is 2.17. The largest absolute Gasteiger partial charge is 0.494 e. The Kier molecular flexibility index (Phi) is 5.80. The van der Waals surface area contributed by atoms with Crippen LogP contribution in [0.5, 0.6) is 5.75 Å². The maximum absolute atomic E-state index is 5.88. The standard InChI is InChI=1S/C19H29N3O/c1-13(2)17-7-9-18(10-8-17)23-12-11-15(5)19-21-20-16(6)22(19)14(3)4/h7-10,13-15H,11-12H2,1-6H3. The zero-order valence-electron chi connectivity index (χ0n) is 15.2. The average molecular weight is 315 g/mol. The molecule has 126 valence electrons. The molecule has 1 aromatic carbocycles. The molecule has 0 saturated heterocycles. The molecule has 0 bridgehead atoms. The van der Waals surface area contributed by atoms with Gasteiger partial charge in [-0.15, -0.1) is 10.2 Å². The summed E-state index contributed by atoms with van der Waals surface area (Å²) >= 11 is 0. The van der Waals surface area contributed by atoms with Crippen molar-refractivity contribution in [3.63, 3.8) is 0 Å². The van der Waals surface area contributed by atoms with Crippen molar-refractivity contribution in [2.45, 2.75) is 65.8 Å². The van der Waals surface area contributed by atoms with Crippen LogP contribution in [0.15, 0.2) is 24.3 Å². The molecule has 2 rings (SSSR count). The van der Waals surface area contributed by atoms with Crippen LogP contribution in [0.1, 0.15) is 76.1 Å². The maximum Gasteiger partial charge on any atom is 0.136 e. The summed E-state index contributed by atoms with van der Waals surface area (Å²) in [6.45, 7) is 13.6. The minimum atomic E-state index is 0.327.